The molecule has 1 aromatic heterocycles. The summed E-state index contributed by atoms with van der Waals surface area (Å²) in [7, 11) is 0. The van der Waals surface area contributed by atoms with Crippen LogP contribution in [0.2, 0.25) is 0 Å². The van der Waals surface area contributed by atoms with Gasteiger partial charge in [0.1, 0.15) is 0 Å². The molecule has 0 aliphatic rings. The fraction of sp³-hybridized carbons (Fsp3) is 0.467. The van der Waals surface area contributed by atoms with Gasteiger partial charge < -0.3 is 15.0 Å². The van der Waals surface area contributed by atoms with Gasteiger partial charge in [0.15, 0.2) is 5.82 Å². The maximum Gasteiger partial charge on any atom is 0.227 e. The Kier molecular flexibility index (Phi) is 5.70. The third kappa shape index (κ3) is 4.43. The summed E-state index contributed by atoms with van der Waals surface area (Å²) in [6, 6.07) is 9.90. The highest BCUT2D eigenvalue weighted by Crippen LogP contribution is 2.10. The van der Waals surface area contributed by atoms with Gasteiger partial charge in [-0.1, -0.05) is 42.4 Å². The summed E-state index contributed by atoms with van der Waals surface area (Å²) in [5, 5.41) is 3.92. The van der Waals surface area contributed by atoms with Crippen molar-refractivity contribution in [3.05, 3.63) is 47.6 Å². The van der Waals surface area contributed by atoms with E-state index in [2.05, 4.69) is 29.2 Å². The Hall–Kier alpha value is -1.72. The van der Waals surface area contributed by atoms with Crippen LogP contribution in [0.5, 0.6) is 0 Å². The molecule has 2 aromatic rings. The predicted molar refractivity (Wildman–Crippen MR) is 76.2 cm³/mol. The largest absolute Gasteiger partial charge is 0.379 e. The first kappa shape index (κ1) is 14.7. The van der Waals surface area contributed by atoms with Crippen LogP contribution < -0.4 is 5.73 Å². The minimum Gasteiger partial charge on any atom is -0.379 e. The summed E-state index contributed by atoms with van der Waals surface area (Å²) in [6.45, 7) is 3.18. The first-order chi connectivity index (χ1) is 9.79. The first-order valence-corrected chi connectivity index (χ1v) is 6.99. The summed E-state index contributed by atoms with van der Waals surface area (Å²) < 4.78 is 10.6. The highest BCUT2D eigenvalue weighted by Gasteiger charge is 2.14. The molecule has 2 rings (SSSR count). The number of benzene rings is 1. The zero-order chi connectivity index (χ0) is 14.2. The molecule has 0 aliphatic heterocycles. The molecule has 108 valence electrons. The zero-order valence-electron chi connectivity index (χ0n) is 11.8. The number of hydrogen-bond donors (Lipinski definition) is 1. The van der Waals surface area contributed by atoms with Gasteiger partial charge in [0.05, 0.1) is 12.6 Å². The van der Waals surface area contributed by atoms with E-state index in [-0.39, 0.29) is 6.04 Å². The van der Waals surface area contributed by atoms with Crippen molar-refractivity contribution in [1.82, 2.24) is 10.1 Å². The summed E-state index contributed by atoms with van der Waals surface area (Å²) in [5.74, 6) is 1.14. The second-order valence-electron chi connectivity index (χ2n) is 4.71. The Morgan fingerprint density at radius 1 is 1.25 bits per heavy atom. The zero-order valence-corrected chi connectivity index (χ0v) is 11.8. The molecule has 0 amide bonds. The molecular formula is C15H21N3O2. The van der Waals surface area contributed by atoms with Crippen molar-refractivity contribution in [1.29, 1.82) is 0 Å². The number of aromatic nitrogens is 2. The molecule has 0 saturated carbocycles. The molecule has 0 fully saturated rings. The lowest BCUT2D eigenvalue weighted by atomic mass is 10.1. The third-order valence-corrected chi connectivity index (χ3v) is 2.93. The lowest BCUT2D eigenvalue weighted by Gasteiger charge is -2.06. The molecule has 20 heavy (non-hydrogen) atoms. The normalized spacial score (nSPS) is 12.5. The molecule has 1 unspecified atom stereocenters. The fourth-order valence-corrected chi connectivity index (χ4v) is 1.85. The molecule has 0 saturated heterocycles. The van der Waals surface area contributed by atoms with Crippen molar-refractivity contribution in [2.24, 2.45) is 5.73 Å². The summed E-state index contributed by atoms with van der Waals surface area (Å²) in [6.07, 6.45) is 2.57. The van der Waals surface area contributed by atoms with E-state index in [4.69, 9.17) is 15.0 Å². The Labute approximate surface area is 119 Å². The van der Waals surface area contributed by atoms with Crippen LogP contribution in [0.15, 0.2) is 34.9 Å². The van der Waals surface area contributed by atoms with Gasteiger partial charge in [-0.2, -0.15) is 4.98 Å². The van der Waals surface area contributed by atoms with E-state index in [1.54, 1.807) is 0 Å². The Balaban J connectivity index is 1.82. The summed E-state index contributed by atoms with van der Waals surface area (Å²) in [5.41, 5.74) is 7.20. The van der Waals surface area contributed by atoms with E-state index in [0.29, 0.717) is 24.9 Å². The molecule has 1 heterocycles. The number of rotatable bonds is 8. The number of hydrogen-bond acceptors (Lipinski definition) is 5. The molecule has 5 heteroatoms. The number of nitrogens with two attached hydrogens (primary N) is 1. The van der Waals surface area contributed by atoms with Crippen LogP contribution in [0.25, 0.3) is 0 Å². The van der Waals surface area contributed by atoms with Crippen LogP contribution in [0.4, 0.5) is 0 Å². The van der Waals surface area contributed by atoms with Crippen LogP contribution in [0, 0.1) is 0 Å². The first-order valence-electron chi connectivity index (χ1n) is 6.99. The molecule has 1 atom stereocenters. The van der Waals surface area contributed by atoms with Gasteiger partial charge in [-0.15, -0.1) is 0 Å². The van der Waals surface area contributed by atoms with Gasteiger partial charge in [-0.05, 0) is 18.4 Å². The lowest BCUT2D eigenvalue weighted by molar-refractivity contribution is 0.119. The van der Waals surface area contributed by atoms with Crippen LogP contribution in [0.1, 0.15) is 36.7 Å². The van der Waals surface area contributed by atoms with Crippen LogP contribution in [0.3, 0.4) is 0 Å². The van der Waals surface area contributed by atoms with E-state index in [1.807, 2.05) is 18.2 Å². The monoisotopic (exact) mass is 275 g/mol. The van der Waals surface area contributed by atoms with E-state index < -0.39 is 0 Å². The van der Waals surface area contributed by atoms with Crippen molar-refractivity contribution in [3.63, 3.8) is 0 Å². The van der Waals surface area contributed by atoms with Crippen LogP contribution >= 0.6 is 0 Å². The quantitative estimate of drug-likeness (QED) is 0.748. The second kappa shape index (κ2) is 7.77. The maximum atomic E-state index is 5.95. The average molecular weight is 275 g/mol. The summed E-state index contributed by atoms with van der Waals surface area (Å²) >= 11 is 0. The minimum absolute atomic E-state index is 0.323. The highest BCUT2D eigenvalue weighted by molar-refractivity contribution is 5.15. The van der Waals surface area contributed by atoms with Crippen molar-refractivity contribution in [2.75, 3.05) is 13.2 Å². The van der Waals surface area contributed by atoms with Gasteiger partial charge in [-0.25, -0.2) is 0 Å². The topological polar surface area (TPSA) is 74.2 Å². The molecule has 0 spiro atoms. The molecule has 1 aromatic carbocycles. The predicted octanol–water partition coefficient (Wildman–Crippen LogP) is 2.28. The third-order valence-electron chi connectivity index (χ3n) is 2.93. The Morgan fingerprint density at radius 3 is 2.80 bits per heavy atom. The van der Waals surface area contributed by atoms with Crippen LogP contribution in [-0.4, -0.2) is 23.4 Å². The number of aryl methyl sites for hydroxylation is 2. The molecule has 0 aliphatic carbocycles. The van der Waals surface area contributed by atoms with Crippen LogP contribution in [-0.2, 0) is 17.6 Å². The van der Waals surface area contributed by atoms with Crippen molar-refractivity contribution >= 4 is 0 Å². The van der Waals surface area contributed by atoms with Gasteiger partial charge >= 0.3 is 0 Å². The SMILES string of the molecule is CCCOCC(N)c1noc(CCc2ccccc2)n1. The minimum atomic E-state index is -0.323. The fourth-order valence-electron chi connectivity index (χ4n) is 1.85. The Morgan fingerprint density at radius 2 is 2.05 bits per heavy atom. The average Bonchev–Trinajstić information content (AvgIpc) is 2.95. The lowest BCUT2D eigenvalue weighted by Crippen LogP contribution is -2.18. The molecule has 2 N–H and O–H groups in total. The number of nitrogens with zero attached hydrogens (tertiary/aromatic N) is 2. The van der Waals surface area contributed by atoms with Gasteiger partial charge in [-0.3, -0.25) is 0 Å². The summed E-state index contributed by atoms with van der Waals surface area (Å²) in [4.78, 5) is 4.32. The van der Waals surface area contributed by atoms with Gasteiger partial charge in [0, 0.05) is 13.0 Å². The van der Waals surface area contributed by atoms with E-state index in [1.165, 1.54) is 5.56 Å². The molecule has 5 nitrogen and oxygen atoms in total. The molecule has 0 radical (unpaired) electrons. The molecular weight excluding hydrogens is 254 g/mol. The van der Waals surface area contributed by atoms with E-state index >= 15 is 0 Å². The highest BCUT2D eigenvalue weighted by atomic mass is 16.5. The second-order valence-corrected chi connectivity index (χ2v) is 4.71. The van der Waals surface area contributed by atoms with E-state index in [9.17, 15) is 0 Å². The van der Waals surface area contributed by atoms with Crippen molar-refractivity contribution < 1.29 is 9.26 Å². The Bertz CT molecular complexity index is 499. The smallest absolute Gasteiger partial charge is 0.227 e. The molecule has 0 bridgehead atoms. The van der Waals surface area contributed by atoms with Gasteiger partial charge in [0.25, 0.3) is 0 Å². The van der Waals surface area contributed by atoms with Crippen molar-refractivity contribution in [2.45, 2.75) is 32.2 Å². The van der Waals surface area contributed by atoms with E-state index in [0.717, 1.165) is 19.3 Å². The van der Waals surface area contributed by atoms with Gasteiger partial charge in [0.2, 0.25) is 5.89 Å². The number of ether oxygens (including phenoxy) is 1. The standard InChI is InChI=1S/C15H21N3O2/c1-2-10-19-11-13(16)15-17-14(20-18-15)9-8-12-6-4-3-5-7-12/h3-7,13H,2,8-11,16H2,1H3. The maximum absolute atomic E-state index is 5.95. The van der Waals surface area contributed by atoms with Crippen molar-refractivity contribution in [3.8, 4) is 0 Å².